The lowest BCUT2D eigenvalue weighted by atomic mass is 9.96. The van der Waals surface area contributed by atoms with Gasteiger partial charge in [0.05, 0.1) is 24.3 Å². The van der Waals surface area contributed by atoms with Gasteiger partial charge in [0.15, 0.2) is 0 Å². The number of nitrogen functional groups attached to an aromatic ring is 1. The first-order chi connectivity index (χ1) is 9.54. The van der Waals surface area contributed by atoms with Crippen molar-refractivity contribution in [3.05, 3.63) is 23.8 Å². The van der Waals surface area contributed by atoms with E-state index in [0.29, 0.717) is 30.1 Å². The molecule has 1 saturated heterocycles. The molecule has 0 aromatic heterocycles. The molecule has 20 heavy (non-hydrogen) atoms. The van der Waals surface area contributed by atoms with Crippen molar-refractivity contribution in [1.82, 2.24) is 4.90 Å². The maximum atomic E-state index is 12.5. The van der Waals surface area contributed by atoms with E-state index in [1.165, 1.54) is 7.11 Å². The number of likely N-dealkylation sites (tertiary alicyclic amines) is 1. The summed E-state index contributed by atoms with van der Waals surface area (Å²) < 4.78 is 5.11. The monoisotopic (exact) mass is 277 g/mol. The van der Waals surface area contributed by atoms with E-state index in [1.807, 2.05) is 0 Å². The lowest BCUT2D eigenvalue weighted by molar-refractivity contribution is -0.123. The zero-order valence-corrected chi connectivity index (χ0v) is 11.5. The number of carbonyl (C=O) groups excluding carboxylic acids is 2. The molecule has 1 atom stereocenters. The summed E-state index contributed by atoms with van der Waals surface area (Å²) in [7, 11) is 1.50. The van der Waals surface area contributed by atoms with Crippen LogP contribution in [0.1, 0.15) is 23.2 Å². The first-order valence-corrected chi connectivity index (χ1v) is 6.55. The Labute approximate surface area is 117 Å². The van der Waals surface area contributed by atoms with Gasteiger partial charge in [-0.25, -0.2) is 0 Å². The number of nitrogens with two attached hydrogens (primary N) is 2. The predicted molar refractivity (Wildman–Crippen MR) is 75.2 cm³/mol. The molecule has 1 unspecified atom stereocenters. The Bertz CT molecular complexity index is 530. The largest absolute Gasteiger partial charge is 0.495 e. The van der Waals surface area contributed by atoms with Gasteiger partial charge in [0.2, 0.25) is 5.91 Å². The number of methoxy groups -OCH3 is 1. The highest BCUT2D eigenvalue weighted by Gasteiger charge is 2.28. The van der Waals surface area contributed by atoms with Gasteiger partial charge in [-0.15, -0.1) is 0 Å². The van der Waals surface area contributed by atoms with Crippen molar-refractivity contribution in [2.75, 3.05) is 25.9 Å². The van der Waals surface area contributed by atoms with E-state index in [-0.39, 0.29) is 17.7 Å². The van der Waals surface area contributed by atoms with Crippen LogP contribution in [0.25, 0.3) is 0 Å². The van der Waals surface area contributed by atoms with Crippen LogP contribution in [0, 0.1) is 5.92 Å². The molecule has 1 fully saturated rings. The van der Waals surface area contributed by atoms with Crippen molar-refractivity contribution in [2.45, 2.75) is 12.8 Å². The van der Waals surface area contributed by atoms with Gasteiger partial charge in [-0.05, 0) is 25.0 Å². The van der Waals surface area contributed by atoms with Crippen LogP contribution in [0.2, 0.25) is 0 Å². The van der Waals surface area contributed by atoms with Crippen molar-refractivity contribution in [3.63, 3.8) is 0 Å². The highest BCUT2D eigenvalue weighted by atomic mass is 16.5. The number of piperidine rings is 1. The first kappa shape index (κ1) is 14.2. The molecule has 4 N–H and O–H groups in total. The molecule has 2 rings (SSSR count). The third-order valence-electron chi connectivity index (χ3n) is 3.63. The average Bonchev–Trinajstić information content (AvgIpc) is 2.47. The molecule has 1 aromatic carbocycles. The molecule has 0 bridgehead atoms. The van der Waals surface area contributed by atoms with Crippen LogP contribution in [0.15, 0.2) is 18.2 Å². The number of para-hydroxylation sites is 1. The molecule has 1 aromatic rings. The fourth-order valence-electron chi connectivity index (χ4n) is 2.47. The summed E-state index contributed by atoms with van der Waals surface area (Å²) >= 11 is 0. The second-order valence-electron chi connectivity index (χ2n) is 4.91. The van der Waals surface area contributed by atoms with Gasteiger partial charge in [-0.2, -0.15) is 0 Å². The summed E-state index contributed by atoms with van der Waals surface area (Å²) in [5, 5.41) is 0. The molecule has 108 valence electrons. The summed E-state index contributed by atoms with van der Waals surface area (Å²) in [6.45, 7) is 0.962. The first-order valence-electron chi connectivity index (χ1n) is 6.55. The van der Waals surface area contributed by atoms with E-state index in [1.54, 1.807) is 23.1 Å². The number of nitrogens with zero attached hydrogens (tertiary/aromatic N) is 1. The quantitative estimate of drug-likeness (QED) is 0.791. The van der Waals surface area contributed by atoms with Crippen molar-refractivity contribution in [2.24, 2.45) is 11.7 Å². The van der Waals surface area contributed by atoms with Crippen molar-refractivity contribution >= 4 is 17.5 Å². The van der Waals surface area contributed by atoms with Crippen molar-refractivity contribution < 1.29 is 14.3 Å². The summed E-state index contributed by atoms with van der Waals surface area (Å²) in [4.78, 5) is 25.4. The zero-order valence-electron chi connectivity index (χ0n) is 11.5. The normalized spacial score (nSPS) is 18.6. The molecule has 6 heteroatoms. The van der Waals surface area contributed by atoms with Crippen LogP contribution < -0.4 is 16.2 Å². The number of primary amides is 1. The number of hydrogen-bond donors (Lipinski definition) is 2. The number of amides is 2. The van der Waals surface area contributed by atoms with Gasteiger partial charge in [0, 0.05) is 13.1 Å². The van der Waals surface area contributed by atoms with E-state index in [4.69, 9.17) is 16.2 Å². The number of hydrogen-bond acceptors (Lipinski definition) is 4. The summed E-state index contributed by atoms with van der Waals surface area (Å²) in [5.41, 5.74) is 12.0. The van der Waals surface area contributed by atoms with Crippen LogP contribution in [0.5, 0.6) is 5.75 Å². The Hall–Kier alpha value is -2.24. The van der Waals surface area contributed by atoms with E-state index < -0.39 is 0 Å². The average molecular weight is 277 g/mol. The standard InChI is InChI=1S/C14H19N3O3/c1-20-11-6-2-5-10(12(11)15)14(19)17-7-3-4-9(8-17)13(16)18/h2,5-6,9H,3-4,7-8,15H2,1H3,(H2,16,18). The number of carbonyl (C=O) groups is 2. The minimum Gasteiger partial charge on any atom is -0.495 e. The van der Waals surface area contributed by atoms with Gasteiger partial charge >= 0.3 is 0 Å². The number of anilines is 1. The van der Waals surface area contributed by atoms with Gasteiger partial charge in [0.1, 0.15) is 5.75 Å². The highest BCUT2D eigenvalue weighted by Crippen LogP contribution is 2.27. The van der Waals surface area contributed by atoms with Crippen LogP contribution in [-0.4, -0.2) is 36.9 Å². The molecule has 0 radical (unpaired) electrons. The Morgan fingerprint density at radius 2 is 2.15 bits per heavy atom. The van der Waals surface area contributed by atoms with Crippen LogP contribution in [-0.2, 0) is 4.79 Å². The molecule has 1 aliphatic heterocycles. The maximum absolute atomic E-state index is 12.5. The molecule has 0 spiro atoms. The minimum absolute atomic E-state index is 0.188. The highest BCUT2D eigenvalue weighted by molar-refractivity contribution is 6.00. The van der Waals surface area contributed by atoms with Crippen LogP contribution in [0.3, 0.4) is 0 Å². The second kappa shape index (κ2) is 5.81. The molecule has 1 heterocycles. The second-order valence-corrected chi connectivity index (χ2v) is 4.91. The van der Waals surface area contributed by atoms with Crippen molar-refractivity contribution in [1.29, 1.82) is 0 Å². The summed E-state index contributed by atoms with van der Waals surface area (Å²) in [5.74, 6) is -0.354. The van der Waals surface area contributed by atoms with E-state index in [9.17, 15) is 9.59 Å². The maximum Gasteiger partial charge on any atom is 0.256 e. The Kier molecular flexibility index (Phi) is 4.12. The van der Waals surface area contributed by atoms with E-state index >= 15 is 0 Å². The van der Waals surface area contributed by atoms with Crippen LogP contribution in [0.4, 0.5) is 5.69 Å². The van der Waals surface area contributed by atoms with Gasteiger partial charge in [-0.1, -0.05) is 6.07 Å². The molecular formula is C14H19N3O3. The smallest absolute Gasteiger partial charge is 0.256 e. The van der Waals surface area contributed by atoms with E-state index in [2.05, 4.69) is 0 Å². The Morgan fingerprint density at radius 1 is 1.40 bits per heavy atom. The Morgan fingerprint density at radius 3 is 2.80 bits per heavy atom. The predicted octanol–water partition coefficient (Wildman–Crippen LogP) is 0.615. The van der Waals surface area contributed by atoms with Crippen LogP contribution >= 0.6 is 0 Å². The molecule has 6 nitrogen and oxygen atoms in total. The van der Waals surface area contributed by atoms with Gasteiger partial charge < -0.3 is 21.1 Å². The number of ether oxygens (including phenoxy) is 1. The topological polar surface area (TPSA) is 98.6 Å². The fraction of sp³-hybridized carbons (Fsp3) is 0.429. The fourth-order valence-corrected chi connectivity index (χ4v) is 2.47. The third kappa shape index (κ3) is 2.68. The molecular weight excluding hydrogens is 258 g/mol. The van der Waals surface area contributed by atoms with Crippen molar-refractivity contribution in [3.8, 4) is 5.75 Å². The molecule has 0 aliphatic carbocycles. The summed E-state index contributed by atoms with van der Waals surface area (Å²) in [6, 6.07) is 5.08. The minimum atomic E-state index is -0.360. The number of rotatable bonds is 3. The SMILES string of the molecule is COc1cccc(C(=O)N2CCCC(C(N)=O)C2)c1N. The lowest BCUT2D eigenvalue weighted by Crippen LogP contribution is -2.44. The molecule has 0 saturated carbocycles. The van der Waals surface area contributed by atoms with Gasteiger partial charge in [0.25, 0.3) is 5.91 Å². The third-order valence-corrected chi connectivity index (χ3v) is 3.63. The lowest BCUT2D eigenvalue weighted by Gasteiger charge is -2.31. The summed E-state index contributed by atoms with van der Waals surface area (Å²) in [6.07, 6.45) is 1.50. The zero-order chi connectivity index (χ0) is 14.7. The molecule has 1 aliphatic rings. The Balaban J connectivity index is 2.21. The number of benzene rings is 1. The molecule has 2 amide bonds. The van der Waals surface area contributed by atoms with Gasteiger partial charge in [-0.3, -0.25) is 9.59 Å². The van der Waals surface area contributed by atoms with E-state index in [0.717, 1.165) is 12.8 Å².